The zero-order valence-corrected chi connectivity index (χ0v) is 20.1. The highest BCUT2D eigenvalue weighted by molar-refractivity contribution is 7.91. The smallest absolute Gasteiger partial charge is 0.251 e. The molecule has 0 amide bonds. The van der Waals surface area contributed by atoms with Gasteiger partial charge in [-0.1, -0.05) is 26.0 Å². The molecule has 0 unspecified atom stereocenters. The molecule has 0 radical (unpaired) electrons. The van der Waals surface area contributed by atoms with Crippen molar-refractivity contribution < 1.29 is 8.42 Å². The number of aromatic nitrogens is 2. The SMILES string of the molecule is CC(C)Cc1cc(-c2ccc(Cn3ccnc3)c(C#N)c2)c(S(=O)(=O)NC(C)(C)C)s1. The quantitative estimate of drug-likeness (QED) is 0.553. The largest absolute Gasteiger partial charge is 0.333 e. The molecule has 0 aliphatic rings. The second kappa shape index (κ2) is 8.95. The van der Waals surface area contributed by atoms with E-state index in [1.54, 1.807) is 18.6 Å². The number of hydrogen-bond acceptors (Lipinski definition) is 5. The van der Waals surface area contributed by atoms with Gasteiger partial charge in [-0.2, -0.15) is 5.26 Å². The molecule has 6 nitrogen and oxygen atoms in total. The van der Waals surface area contributed by atoms with E-state index < -0.39 is 15.6 Å². The number of nitrogens with one attached hydrogen (secondary N) is 1. The predicted molar refractivity (Wildman–Crippen MR) is 124 cm³/mol. The van der Waals surface area contributed by atoms with Gasteiger partial charge in [-0.15, -0.1) is 11.3 Å². The lowest BCUT2D eigenvalue weighted by atomic mass is 10.0. The molecule has 0 aliphatic carbocycles. The van der Waals surface area contributed by atoms with Gasteiger partial charge in [0.1, 0.15) is 4.21 Å². The fraction of sp³-hybridized carbons (Fsp3) is 0.391. The van der Waals surface area contributed by atoms with E-state index in [0.29, 0.717) is 27.8 Å². The fourth-order valence-electron chi connectivity index (χ4n) is 3.34. The minimum atomic E-state index is -3.71. The van der Waals surface area contributed by atoms with Crippen LogP contribution in [-0.4, -0.2) is 23.5 Å². The highest BCUT2D eigenvalue weighted by Gasteiger charge is 2.28. The van der Waals surface area contributed by atoms with E-state index in [1.165, 1.54) is 11.3 Å². The lowest BCUT2D eigenvalue weighted by Gasteiger charge is -2.20. The summed E-state index contributed by atoms with van der Waals surface area (Å²) in [5.74, 6) is 0.407. The average Bonchev–Trinajstić information content (AvgIpc) is 3.30. The Kier molecular flexibility index (Phi) is 6.70. The molecule has 1 N–H and O–H groups in total. The van der Waals surface area contributed by atoms with Crippen molar-refractivity contribution >= 4 is 21.4 Å². The van der Waals surface area contributed by atoms with Crippen molar-refractivity contribution in [3.63, 3.8) is 0 Å². The number of benzene rings is 1. The van der Waals surface area contributed by atoms with Crippen molar-refractivity contribution in [2.45, 2.75) is 57.3 Å². The summed E-state index contributed by atoms with van der Waals surface area (Å²) in [5, 5.41) is 9.72. The van der Waals surface area contributed by atoms with Crippen LogP contribution < -0.4 is 4.72 Å². The Bertz CT molecular complexity index is 1200. The number of nitrogens with zero attached hydrogens (tertiary/aromatic N) is 3. The van der Waals surface area contributed by atoms with Gasteiger partial charge in [0.2, 0.25) is 0 Å². The molecule has 0 saturated carbocycles. The van der Waals surface area contributed by atoms with Gasteiger partial charge < -0.3 is 4.57 Å². The molecule has 0 atom stereocenters. The maximum absolute atomic E-state index is 13.2. The molecule has 1 aromatic carbocycles. The molecule has 3 aromatic rings. The van der Waals surface area contributed by atoms with Crippen molar-refractivity contribution in [2.24, 2.45) is 5.92 Å². The van der Waals surface area contributed by atoms with E-state index in [-0.39, 0.29) is 0 Å². The minimum Gasteiger partial charge on any atom is -0.333 e. The normalized spacial score (nSPS) is 12.3. The van der Waals surface area contributed by atoms with Crippen LogP contribution in [0.2, 0.25) is 0 Å². The first-order valence-electron chi connectivity index (χ1n) is 10.1. The first kappa shape index (κ1) is 23.2. The molecule has 2 aromatic heterocycles. The third-order valence-electron chi connectivity index (χ3n) is 4.50. The maximum Gasteiger partial charge on any atom is 0.251 e. The maximum atomic E-state index is 13.2. The van der Waals surface area contributed by atoms with Crippen LogP contribution in [0, 0.1) is 17.2 Å². The van der Waals surface area contributed by atoms with E-state index >= 15 is 0 Å². The summed E-state index contributed by atoms with van der Waals surface area (Å²) in [6, 6.07) is 9.78. The first-order chi connectivity index (χ1) is 14.5. The molecule has 0 aliphatic heterocycles. The van der Waals surface area contributed by atoms with Crippen molar-refractivity contribution in [2.75, 3.05) is 0 Å². The Labute approximate surface area is 188 Å². The summed E-state index contributed by atoms with van der Waals surface area (Å²) in [6.07, 6.45) is 6.04. The van der Waals surface area contributed by atoms with Gasteiger partial charge in [0.05, 0.1) is 18.0 Å². The van der Waals surface area contributed by atoms with E-state index in [0.717, 1.165) is 22.4 Å². The van der Waals surface area contributed by atoms with Gasteiger partial charge >= 0.3 is 0 Å². The number of rotatable bonds is 7. The van der Waals surface area contributed by atoms with Crippen LogP contribution in [0.5, 0.6) is 0 Å². The van der Waals surface area contributed by atoms with Crippen molar-refractivity contribution in [3.8, 4) is 17.2 Å². The van der Waals surface area contributed by atoms with Crippen LogP contribution in [0.15, 0.2) is 47.2 Å². The Balaban J connectivity index is 2.08. The zero-order chi connectivity index (χ0) is 22.8. The van der Waals surface area contributed by atoms with E-state index in [9.17, 15) is 13.7 Å². The molecular weight excluding hydrogens is 428 g/mol. The number of sulfonamides is 1. The van der Waals surface area contributed by atoms with Gasteiger partial charge in [0, 0.05) is 34.9 Å². The van der Waals surface area contributed by atoms with Crippen LogP contribution in [0.4, 0.5) is 0 Å². The summed E-state index contributed by atoms with van der Waals surface area (Å²) in [6.45, 7) is 10.2. The molecule has 0 spiro atoms. The van der Waals surface area contributed by atoms with Gasteiger partial charge in [0.15, 0.2) is 0 Å². The summed E-state index contributed by atoms with van der Waals surface area (Å²) in [4.78, 5) is 5.05. The predicted octanol–water partition coefficient (Wildman–Crippen LogP) is 4.81. The number of thiophene rings is 1. The van der Waals surface area contributed by atoms with Crippen LogP contribution >= 0.6 is 11.3 Å². The minimum absolute atomic E-state index is 0.296. The van der Waals surface area contributed by atoms with E-state index in [4.69, 9.17) is 0 Å². The zero-order valence-electron chi connectivity index (χ0n) is 18.5. The monoisotopic (exact) mass is 456 g/mol. The highest BCUT2D eigenvalue weighted by atomic mass is 32.2. The second-order valence-corrected chi connectivity index (χ2v) is 12.1. The molecule has 31 heavy (non-hydrogen) atoms. The molecule has 164 valence electrons. The van der Waals surface area contributed by atoms with Gasteiger partial charge in [0.25, 0.3) is 10.0 Å². The van der Waals surface area contributed by atoms with Crippen LogP contribution in [0.3, 0.4) is 0 Å². The van der Waals surface area contributed by atoms with Crippen LogP contribution in [0.1, 0.15) is 50.6 Å². The summed E-state index contributed by atoms with van der Waals surface area (Å²) in [7, 11) is -3.71. The Morgan fingerprint density at radius 1 is 1.26 bits per heavy atom. The first-order valence-corrected chi connectivity index (χ1v) is 12.4. The second-order valence-electron chi connectivity index (χ2n) is 9.09. The Morgan fingerprint density at radius 2 is 2.00 bits per heavy atom. The van der Waals surface area contributed by atoms with Gasteiger partial charge in [-0.05, 0) is 56.4 Å². The van der Waals surface area contributed by atoms with E-state index in [2.05, 4.69) is 29.6 Å². The standard InChI is InChI=1S/C23H28N4O2S2/c1-16(2)10-20-12-21(22(30-20)31(28,29)26-23(3,4)5)17-6-7-18(19(11-17)13-24)14-27-9-8-25-15-27/h6-9,11-12,15-16,26H,10,14H2,1-5H3. The molecular formula is C23H28N4O2S2. The summed E-state index contributed by atoms with van der Waals surface area (Å²) >= 11 is 1.31. The molecule has 8 heteroatoms. The highest BCUT2D eigenvalue weighted by Crippen LogP contribution is 2.37. The summed E-state index contributed by atoms with van der Waals surface area (Å²) in [5.41, 5.74) is 2.16. The Hall–Kier alpha value is -2.47. The average molecular weight is 457 g/mol. The third-order valence-corrected chi connectivity index (χ3v) is 7.95. The topological polar surface area (TPSA) is 87.8 Å². The number of imidazole rings is 1. The lowest BCUT2D eigenvalue weighted by Crippen LogP contribution is -2.40. The van der Waals surface area contributed by atoms with Gasteiger partial charge in [-0.3, -0.25) is 0 Å². The summed E-state index contributed by atoms with van der Waals surface area (Å²) < 4.78 is 31.4. The van der Waals surface area contributed by atoms with Crippen molar-refractivity contribution in [1.29, 1.82) is 5.26 Å². The fourth-order valence-corrected chi connectivity index (χ4v) is 6.71. The molecule has 2 heterocycles. The third kappa shape index (κ3) is 5.82. The van der Waals surface area contributed by atoms with E-state index in [1.807, 2.05) is 49.7 Å². The van der Waals surface area contributed by atoms with Crippen molar-refractivity contribution in [1.82, 2.24) is 14.3 Å². The number of nitriles is 1. The number of hydrogen-bond donors (Lipinski definition) is 1. The molecule has 0 fully saturated rings. The molecule has 0 saturated heterocycles. The van der Waals surface area contributed by atoms with Crippen molar-refractivity contribution in [3.05, 3.63) is 59.0 Å². The van der Waals surface area contributed by atoms with Crippen LogP contribution in [-0.2, 0) is 23.0 Å². The van der Waals surface area contributed by atoms with Gasteiger partial charge in [-0.25, -0.2) is 18.1 Å². The lowest BCUT2D eigenvalue weighted by molar-refractivity contribution is 0.493. The molecule has 0 bridgehead atoms. The Morgan fingerprint density at radius 3 is 2.58 bits per heavy atom. The molecule has 3 rings (SSSR count). The van der Waals surface area contributed by atoms with Crippen LogP contribution in [0.25, 0.3) is 11.1 Å².